The maximum absolute atomic E-state index is 12.9. The molecule has 2 atom stereocenters. The number of nitrogens with one attached hydrogen (secondary N) is 4. The van der Waals surface area contributed by atoms with E-state index in [1.54, 1.807) is 0 Å². The molecule has 4 amide bonds. The Hall–Kier alpha value is -4.27. The normalized spacial score (nSPS) is 18.9. The lowest BCUT2D eigenvalue weighted by Gasteiger charge is -2.24. The van der Waals surface area contributed by atoms with E-state index < -0.39 is 59.7 Å². The molecule has 1 heterocycles. The fraction of sp³-hybridized carbons (Fsp3) is 0.476. The topological polar surface area (TPSA) is 232 Å². The highest BCUT2D eigenvalue weighted by Gasteiger charge is 2.28. The SMILES string of the molecule is NCCCCC1NC(=O)CNC(=O)c2cc([N+](=O)[O-])ccc2OCC[C@@H](C(=O)NCC(=O)O)NC1=O. The van der Waals surface area contributed by atoms with E-state index in [9.17, 15) is 34.1 Å². The molecule has 0 saturated heterocycles. The van der Waals surface area contributed by atoms with E-state index in [0.29, 0.717) is 19.4 Å². The number of rotatable bonds is 8. The molecule has 0 spiro atoms. The van der Waals surface area contributed by atoms with E-state index in [-0.39, 0.29) is 36.4 Å². The summed E-state index contributed by atoms with van der Waals surface area (Å²) in [4.78, 5) is 71.8. The number of unbranched alkanes of at least 4 members (excludes halogenated alkanes) is 1. The van der Waals surface area contributed by atoms with Gasteiger partial charge in [0.1, 0.15) is 24.4 Å². The smallest absolute Gasteiger partial charge is 0.322 e. The number of carbonyl (C=O) groups excluding carboxylic acids is 4. The molecule has 2 rings (SSSR count). The standard InChI is InChI=1S/C21H28N6O9/c22-7-2-1-3-14-21(33)26-15(20(32)24-11-18(29)30)6-8-36-16-5-4-12(27(34)35)9-13(16)19(31)23-10-17(28)25-14/h4-5,9,14-15H,1-3,6-8,10-11,22H2,(H,23,31)(H,24,32)(H,25,28)(H,26,33)(H,29,30)/t14?,15-/m0/s1. The van der Waals surface area contributed by atoms with E-state index in [0.717, 1.165) is 12.1 Å². The molecular weight excluding hydrogens is 480 g/mol. The van der Waals surface area contributed by atoms with Gasteiger partial charge in [-0.3, -0.25) is 34.1 Å². The number of carboxylic acids is 1. The molecule has 1 aliphatic heterocycles. The Labute approximate surface area is 205 Å². The molecule has 1 aliphatic rings. The number of fused-ring (bicyclic) bond motifs is 1. The van der Waals surface area contributed by atoms with Crippen molar-refractivity contribution in [1.82, 2.24) is 21.3 Å². The van der Waals surface area contributed by atoms with Gasteiger partial charge in [-0.1, -0.05) is 0 Å². The summed E-state index contributed by atoms with van der Waals surface area (Å²) < 4.78 is 5.57. The van der Waals surface area contributed by atoms with Gasteiger partial charge in [0.05, 0.1) is 23.6 Å². The zero-order valence-electron chi connectivity index (χ0n) is 19.3. The van der Waals surface area contributed by atoms with Crippen LogP contribution in [-0.2, 0) is 19.2 Å². The van der Waals surface area contributed by atoms with Crippen molar-refractivity contribution in [3.63, 3.8) is 0 Å². The molecule has 1 aromatic carbocycles. The quantitative estimate of drug-likeness (QED) is 0.134. The van der Waals surface area contributed by atoms with Gasteiger partial charge < -0.3 is 36.8 Å². The number of amides is 4. The van der Waals surface area contributed by atoms with Crippen molar-refractivity contribution in [3.8, 4) is 5.75 Å². The predicted octanol–water partition coefficient (Wildman–Crippen LogP) is -1.59. The van der Waals surface area contributed by atoms with Crippen molar-refractivity contribution in [3.05, 3.63) is 33.9 Å². The van der Waals surface area contributed by atoms with E-state index in [4.69, 9.17) is 15.6 Å². The maximum Gasteiger partial charge on any atom is 0.322 e. The molecule has 15 nitrogen and oxygen atoms in total. The molecule has 15 heteroatoms. The van der Waals surface area contributed by atoms with Crippen LogP contribution >= 0.6 is 0 Å². The highest BCUT2D eigenvalue weighted by molar-refractivity contribution is 6.00. The largest absolute Gasteiger partial charge is 0.493 e. The predicted molar refractivity (Wildman–Crippen MR) is 123 cm³/mol. The average Bonchev–Trinajstić information content (AvgIpc) is 2.84. The third-order valence-electron chi connectivity index (χ3n) is 5.14. The number of aliphatic carboxylic acids is 1. The third-order valence-corrected chi connectivity index (χ3v) is 5.14. The zero-order valence-corrected chi connectivity index (χ0v) is 19.3. The minimum Gasteiger partial charge on any atom is -0.493 e. The Balaban J connectivity index is 2.34. The van der Waals surface area contributed by atoms with Gasteiger partial charge in [0.2, 0.25) is 17.7 Å². The van der Waals surface area contributed by atoms with Gasteiger partial charge in [-0.05, 0) is 31.9 Å². The summed E-state index contributed by atoms with van der Waals surface area (Å²) in [6, 6.07) is 1.01. The molecule has 0 bridgehead atoms. The number of carbonyl (C=O) groups is 5. The third kappa shape index (κ3) is 8.50. The van der Waals surface area contributed by atoms with E-state index in [1.165, 1.54) is 6.07 Å². The molecular formula is C21H28N6O9. The molecule has 0 aliphatic carbocycles. The highest BCUT2D eigenvalue weighted by Crippen LogP contribution is 2.24. The van der Waals surface area contributed by atoms with Gasteiger partial charge in [0.15, 0.2) is 0 Å². The monoisotopic (exact) mass is 508 g/mol. The Kier molecular flexibility index (Phi) is 10.5. The van der Waals surface area contributed by atoms with Gasteiger partial charge in [-0.15, -0.1) is 0 Å². The second-order valence-electron chi connectivity index (χ2n) is 7.83. The second kappa shape index (κ2) is 13.6. The van der Waals surface area contributed by atoms with Crippen LogP contribution in [0.5, 0.6) is 5.75 Å². The Bertz CT molecular complexity index is 1020. The van der Waals surface area contributed by atoms with Gasteiger partial charge in [-0.25, -0.2) is 0 Å². The van der Waals surface area contributed by atoms with Gasteiger partial charge in [-0.2, -0.15) is 0 Å². The lowest BCUT2D eigenvalue weighted by atomic mass is 10.1. The number of nitrogens with two attached hydrogens (primary N) is 1. The number of non-ortho nitro benzene ring substituents is 1. The Morgan fingerprint density at radius 3 is 2.64 bits per heavy atom. The van der Waals surface area contributed by atoms with Crippen LogP contribution in [0.1, 0.15) is 36.0 Å². The number of hydrogen-bond acceptors (Lipinski definition) is 9. The number of nitro groups is 1. The van der Waals surface area contributed by atoms with Crippen molar-refractivity contribution in [2.24, 2.45) is 5.73 Å². The first-order chi connectivity index (χ1) is 17.1. The van der Waals surface area contributed by atoms with Gasteiger partial charge in [0.25, 0.3) is 11.6 Å². The fourth-order valence-corrected chi connectivity index (χ4v) is 3.31. The van der Waals surface area contributed by atoms with Crippen LogP contribution in [-0.4, -0.2) is 78.0 Å². The second-order valence-corrected chi connectivity index (χ2v) is 7.83. The maximum atomic E-state index is 12.9. The van der Waals surface area contributed by atoms with Crippen LogP contribution < -0.4 is 31.7 Å². The number of benzene rings is 1. The molecule has 1 aromatic rings. The van der Waals surface area contributed by atoms with E-state index >= 15 is 0 Å². The summed E-state index contributed by atoms with van der Waals surface area (Å²) in [5, 5.41) is 29.5. The van der Waals surface area contributed by atoms with Crippen LogP contribution in [0.15, 0.2) is 18.2 Å². The van der Waals surface area contributed by atoms with Crippen LogP contribution in [0.4, 0.5) is 5.69 Å². The van der Waals surface area contributed by atoms with E-state index in [2.05, 4.69) is 21.3 Å². The Morgan fingerprint density at radius 2 is 1.97 bits per heavy atom. The number of carboxylic acid groups (broad SMARTS) is 1. The minimum atomic E-state index is -1.29. The first-order valence-electron chi connectivity index (χ1n) is 11.1. The Morgan fingerprint density at radius 1 is 1.22 bits per heavy atom. The summed E-state index contributed by atoms with van der Waals surface area (Å²) in [7, 11) is 0. The molecule has 36 heavy (non-hydrogen) atoms. The van der Waals surface area contributed by atoms with Crippen LogP contribution in [0.25, 0.3) is 0 Å². The van der Waals surface area contributed by atoms with Crippen molar-refractivity contribution < 1.29 is 38.7 Å². The number of ether oxygens (including phenoxy) is 1. The fourth-order valence-electron chi connectivity index (χ4n) is 3.31. The molecule has 0 radical (unpaired) electrons. The van der Waals surface area contributed by atoms with Crippen LogP contribution in [0.2, 0.25) is 0 Å². The zero-order chi connectivity index (χ0) is 26.7. The van der Waals surface area contributed by atoms with Crippen molar-refractivity contribution in [1.29, 1.82) is 0 Å². The molecule has 7 N–H and O–H groups in total. The summed E-state index contributed by atoms with van der Waals surface area (Å²) in [6.07, 6.45) is 1.11. The lowest BCUT2D eigenvalue weighted by molar-refractivity contribution is -0.384. The molecule has 1 unspecified atom stereocenters. The van der Waals surface area contributed by atoms with Gasteiger partial charge >= 0.3 is 5.97 Å². The lowest BCUT2D eigenvalue weighted by Crippen LogP contribution is -2.55. The number of nitro benzene ring substituents is 1. The summed E-state index contributed by atoms with van der Waals surface area (Å²) in [6.45, 7) is -1.07. The minimum absolute atomic E-state index is 0.0498. The van der Waals surface area contributed by atoms with Crippen molar-refractivity contribution in [2.75, 3.05) is 26.2 Å². The van der Waals surface area contributed by atoms with Crippen LogP contribution in [0, 0.1) is 10.1 Å². The molecule has 0 aromatic heterocycles. The molecule has 0 fully saturated rings. The first-order valence-corrected chi connectivity index (χ1v) is 11.1. The first kappa shape index (κ1) is 28.0. The number of nitrogens with zero attached hydrogens (tertiary/aromatic N) is 1. The van der Waals surface area contributed by atoms with E-state index in [1.807, 2.05) is 0 Å². The molecule has 0 saturated carbocycles. The summed E-state index contributed by atoms with van der Waals surface area (Å²) in [5.41, 5.74) is 4.91. The van der Waals surface area contributed by atoms with Gasteiger partial charge in [0, 0.05) is 18.6 Å². The van der Waals surface area contributed by atoms with Crippen LogP contribution in [0.3, 0.4) is 0 Å². The molecule has 196 valence electrons. The average molecular weight is 508 g/mol. The van der Waals surface area contributed by atoms with Crippen molar-refractivity contribution >= 4 is 35.3 Å². The summed E-state index contributed by atoms with van der Waals surface area (Å²) in [5.74, 6) is -4.36. The highest BCUT2D eigenvalue weighted by atomic mass is 16.6. The number of hydrogen-bond donors (Lipinski definition) is 6. The summed E-state index contributed by atoms with van der Waals surface area (Å²) >= 11 is 0. The van der Waals surface area contributed by atoms with Crippen molar-refractivity contribution in [2.45, 2.75) is 37.8 Å².